The Bertz CT molecular complexity index is 117. The monoisotopic (exact) mass is 153 g/mol. The predicted octanol–water partition coefficient (Wildman–Crippen LogP) is 0.493. The zero-order valence-corrected chi connectivity index (χ0v) is 5.74. The maximum atomic E-state index is 9.94. The highest BCUT2D eigenvalue weighted by molar-refractivity contribution is 7.79. The molecule has 1 saturated carbocycles. The fraction of sp³-hybridized carbons (Fsp3) is 1.00. The Morgan fingerprint density at radius 2 is 2.38 bits per heavy atom. The molecule has 1 aliphatic rings. The molecule has 0 aromatic rings. The topological polar surface area (TPSA) is 40.1 Å². The van der Waals surface area contributed by atoms with Gasteiger partial charge in [0.1, 0.15) is 0 Å². The molecule has 0 aromatic carbocycles. The molecule has 1 aliphatic carbocycles. The van der Waals surface area contributed by atoms with Crippen molar-refractivity contribution in [1.29, 1.82) is 0 Å². The largest absolute Gasteiger partial charge is 0.772 e. The Kier molecular flexibility index (Phi) is 1.90. The van der Waals surface area contributed by atoms with Crippen LogP contribution in [0.15, 0.2) is 0 Å². The van der Waals surface area contributed by atoms with Gasteiger partial charge in [0.2, 0.25) is 0 Å². The van der Waals surface area contributed by atoms with Gasteiger partial charge in [0.25, 0.3) is 0 Å². The summed E-state index contributed by atoms with van der Waals surface area (Å²) in [4.78, 5) is 0. The lowest BCUT2D eigenvalue weighted by Crippen LogP contribution is -1.98. The summed E-state index contributed by atoms with van der Waals surface area (Å²) in [6.07, 6.45) is 0.871. The molecule has 3 atom stereocenters. The first kappa shape index (κ1) is 6.52. The molecule has 0 amide bonds. The van der Waals surface area contributed by atoms with Crippen LogP contribution in [0.3, 0.4) is 0 Å². The zero-order valence-electron chi connectivity index (χ0n) is 4.17. The summed E-state index contributed by atoms with van der Waals surface area (Å²) in [5, 5.41) is 0.132. The Morgan fingerprint density at radius 3 is 2.50 bits per heavy atom. The molecule has 1 fully saturated rings. The smallest absolute Gasteiger partial charge is 0.0376 e. The van der Waals surface area contributed by atoms with Gasteiger partial charge < -0.3 is 4.55 Å². The van der Waals surface area contributed by atoms with Gasteiger partial charge >= 0.3 is 0 Å². The number of rotatable bonds is 2. The second kappa shape index (κ2) is 2.33. The third-order valence-electron chi connectivity index (χ3n) is 1.19. The summed E-state index contributed by atoms with van der Waals surface area (Å²) in [6, 6.07) is 0. The summed E-state index contributed by atoms with van der Waals surface area (Å²) in [5.74, 6) is 0.490. The highest BCUT2D eigenvalue weighted by Crippen LogP contribution is 2.36. The first-order chi connectivity index (χ1) is 3.70. The maximum absolute atomic E-state index is 9.94. The van der Waals surface area contributed by atoms with Crippen molar-refractivity contribution in [2.24, 2.45) is 5.92 Å². The van der Waals surface area contributed by atoms with E-state index in [1.54, 1.807) is 0 Å². The number of hydrogen-bond acceptors (Lipinski definition) is 2. The minimum absolute atomic E-state index is 0.132. The van der Waals surface area contributed by atoms with Crippen molar-refractivity contribution in [1.82, 2.24) is 0 Å². The van der Waals surface area contributed by atoms with E-state index in [1.807, 2.05) is 0 Å². The molecule has 4 heteroatoms. The van der Waals surface area contributed by atoms with Gasteiger partial charge in [-0.3, -0.25) is 4.21 Å². The summed E-state index contributed by atoms with van der Waals surface area (Å²) < 4.78 is 19.9. The lowest BCUT2D eigenvalue weighted by atomic mass is 10.5. The van der Waals surface area contributed by atoms with Gasteiger partial charge in [-0.15, -0.1) is 11.6 Å². The summed E-state index contributed by atoms with van der Waals surface area (Å²) in [6.45, 7) is 0. The minimum Gasteiger partial charge on any atom is -0.772 e. The van der Waals surface area contributed by atoms with Gasteiger partial charge in [0.15, 0.2) is 0 Å². The standard InChI is InChI=1S/C4H7ClO2S/c5-4-1-3(4)2-8(6)7/h3-4H,1-2H2,(H,6,7)/p-1. The van der Waals surface area contributed by atoms with Crippen LogP contribution in [0, 0.1) is 5.92 Å². The Hall–Kier alpha value is 0.400. The highest BCUT2D eigenvalue weighted by Gasteiger charge is 2.34. The SMILES string of the molecule is O=S([O-])CC1CC1Cl. The van der Waals surface area contributed by atoms with Crippen molar-refractivity contribution >= 4 is 22.7 Å². The minimum atomic E-state index is -1.89. The van der Waals surface area contributed by atoms with Crippen molar-refractivity contribution in [3.8, 4) is 0 Å². The molecule has 0 aromatic heterocycles. The summed E-state index contributed by atoms with van der Waals surface area (Å²) >= 11 is 3.63. The summed E-state index contributed by atoms with van der Waals surface area (Å²) in [7, 11) is 0. The van der Waals surface area contributed by atoms with Gasteiger partial charge in [0.05, 0.1) is 0 Å². The fourth-order valence-corrected chi connectivity index (χ4v) is 1.70. The molecule has 0 spiro atoms. The maximum Gasteiger partial charge on any atom is 0.0376 e. The second-order valence-electron chi connectivity index (χ2n) is 1.98. The van der Waals surface area contributed by atoms with Gasteiger partial charge in [0, 0.05) is 11.1 Å². The van der Waals surface area contributed by atoms with Crippen molar-refractivity contribution < 1.29 is 8.76 Å². The molecule has 0 aliphatic heterocycles. The zero-order chi connectivity index (χ0) is 6.15. The van der Waals surface area contributed by atoms with Crippen LogP contribution in [0.25, 0.3) is 0 Å². The molecule has 1 rings (SSSR count). The third kappa shape index (κ3) is 1.73. The van der Waals surface area contributed by atoms with Crippen LogP contribution < -0.4 is 0 Å². The van der Waals surface area contributed by atoms with E-state index >= 15 is 0 Å². The van der Waals surface area contributed by atoms with Crippen molar-refractivity contribution in [2.45, 2.75) is 11.8 Å². The van der Waals surface area contributed by atoms with Crippen LogP contribution in [-0.2, 0) is 11.1 Å². The van der Waals surface area contributed by atoms with Gasteiger partial charge in [-0.2, -0.15) is 0 Å². The molecule has 0 N–H and O–H groups in total. The van der Waals surface area contributed by atoms with Gasteiger partial charge in [-0.1, -0.05) is 11.1 Å². The van der Waals surface area contributed by atoms with Gasteiger partial charge in [-0.25, -0.2) is 0 Å². The van der Waals surface area contributed by atoms with E-state index in [9.17, 15) is 8.76 Å². The van der Waals surface area contributed by atoms with Crippen LogP contribution in [0.1, 0.15) is 6.42 Å². The second-order valence-corrected chi connectivity index (χ2v) is 3.48. The van der Waals surface area contributed by atoms with Crippen LogP contribution in [0.4, 0.5) is 0 Å². The van der Waals surface area contributed by atoms with Crippen LogP contribution in [0.2, 0.25) is 0 Å². The molecule has 2 nitrogen and oxygen atoms in total. The lowest BCUT2D eigenvalue weighted by molar-refractivity contribution is 0.534. The van der Waals surface area contributed by atoms with Crippen LogP contribution in [0.5, 0.6) is 0 Å². The molecule has 8 heavy (non-hydrogen) atoms. The fourth-order valence-electron chi connectivity index (χ4n) is 0.558. The molecule has 3 unspecified atom stereocenters. The van der Waals surface area contributed by atoms with E-state index < -0.39 is 11.1 Å². The average molecular weight is 154 g/mol. The molecule has 0 saturated heterocycles. The van der Waals surface area contributed by atoms with E-state index in [2.05, 4.69) is 0 Å². The number of halogens is 1. The third-order valence-corrected chi connectivity index (χ3v) is 2.42. The first-order valence-electron chi connectivity index (χ1n) is 2.40. The molecule has 0 bridgehead atoms. The Balaban J connectivity index is 2.14. The molecule has 0 heterocycles. The van der Waals surface area contributed by atoms with E-state index in [4.69, 9.17) is 11.6 Å². The first-order valence-corrected chi connectivity index (χ1v) is 4.08. The normalized spacial score (nSPS) is 39.2. The average Bonchev–Trinajstić information content (AvgIpc) is 2.17. The van der Waals surface area contributed by atoms with Crippen molar-refractivity contribution in [3.63, 3.8) is 0 Å². The highest BCUT2D eigenvalue weighted by atomic mass is 35.5. The van der Waals surface area contributed by atoms with E-state index in [-0.39, 0.29) is 17.0 Å². The lowest BCUT2D eigenvalue weighted by Gasteiger charge is -2.00. The van der Waals surface area contributed by atoms with Crippen LogP contribution in [-0.4, -0.2) is 19.9 Å². The Labute approximate surface area is 55.5 Å². The van der Waals surface area contributed by atoms with E-state index in [1.165, 1.54) is 0 Å². The van der Waals surface area contributed by atoms with Gasteiger partial charge in [-0.05, 0) is 12.3 Å². The summed E-state index contributed by atoms with van der Waals surface area (Å²) in [5.41, 5.74) is 0. The molecular formula is C4H6ClO2S-. The molecule has 0 radical (unpaired) electrons. The predicted molar refractivity (Wildman–Crippen MR) is 31.5 cm³/mol. The number of alkyl halides is 1. The Morgan fingerprint density at radius 1 is 1.88 bits per heavy atom. The quantitative estimate of drug-likeness (QED) is 0.428. The van der Waals surface area contributed by atoms with Crippen molar-refractivity contribution in [3.05, 3.63) is 0 Å². The van der Waals surface area contributed by atoms with Crippen molar-refractivity contribution in [2.75, 3.05) is 5.75 Å². The van der Waals surface area contributed by atoms with Crippen LogP contribution >= 0.6 is 11.6 Å². The van der Waals surface area contributed by atoms with E-state index in [0.717, 1.165) is 6.42 Å². The van der Waals surface area contributed by atoms with E-state index in [0.29, 0.717) is 0 Å². The molecule has 48 valence electrons. The number of hydrogen-bond donors (Lipinski definition) is 0. The molecular weight excluding hydrogens is 148 g/mol.